The Morgan fingerprint density at radius 3 is 2.33 bits per heavy atom. The number of rotatable bonds is 2. The second-order valence-electron chi connectivity index (χ2n) is 4.84. The summed E-state index contributed by atoms with van der Waals surface area (Å²) in [4.78, 5) is 26.4. The summed E-state index contributed by atoms with van der Waals surface area (Å²) in [5.41, 5.74) is -1.02. The average molecular weight is 301 g/mol. The molecule has 2 amide bonds. The highest BCUT2D eigenvalue weighted by Gasteiger charge is 2.32. The molecule has 5 nitrogen and oxygen atoms in total. The zero-order valence-corrected chi connectivity index (χ0v) is 11.0. The van der Waals surface area contributed by atoms with E-state index >= 15 is 0 Å². The molecule has 1 heterocycles. The van der Waals surface area contributed by atoms with Gasteiger partial charge in [0.2, 0.25) is 0 Å². The van der Waals surface area contributed by atoms with Crippen molar-refractivity contribution in [1.29, 1.82) is 0 Å². The van der Waals surface area contributed by atoms with Crippen LogP contribution in [0, 0.1) is 0 Å². The Bertz CT molecular complexity index is 522. The molecule has 0 saturated heterocycles. The van der Waals surface area contributed by atoms with Crippen molar-refractivity contribution in [2.45, 2.75) is 37.9 Å². The molecule has 1 aromatic rings. The van der Waals surface area contributed by atoms with E-state index in [2.05, 4.69) is 15.6 Å². The van der Waals surface area contributed by atoms with E-state index in [0.717, 1.165) is 44.0 Å². The first-order valence-corrected chi connectivity index (χ1v) is 6.51. The van der Waals surface area contributed by atoms with Gasteiger partial charge in [-0.2, -0.15) is 13.2 Å². The van der Waals surface area contributed by atoms with Gasteiger partial charge in [0.25, 0.3) is 0 Å². The van der Waals surface area contributed by atoms with Crippen molar-refractivity contribution in [1.82, 2.24) is 10.3 Å². The van der Waals surface area contributed by atoms with Crippen LogP contribution in [-0.4, -0.2) is 22.8 Å². The molecule has 2 N–H and O–H groups in total. The Morgan fingerprint density at radius 2 is 1.81 bits per heavy atom. The summed E-state index contributed by atoms with van der Waals surface area (Å²) in [5, 5.41) is 4.80. The molecule has 0 radical (unpaired) electrons. The van der Waals surface area contributed by atoms with Gasteiger partial charge in [-0.3, -0.25) is 9.59 Å². The van der Waals surface area contributed by atoms with Crippen LogP contribution in [0.3, 0.4) is 0 Å². The Balaban J connectivity index is 1.91. The van der Waals surface area contributed by atoms with Crippen molar-refractivity contribution in [3.05, 3.63) is 24.0 Å². The number of hydrogen-bond acceptors (Lipinski definition) is 3. The van der Waals surface area contributed by atoms with Crippen LogP contribution in [0.4, 0.5) is 18.9 Å². The number of anilines is 1. The topological polar surface area (TPSA) is 71.1 Å². The monoisotopic (exact) mass is 301 g/mol. The van der Waals surface area contributed by atoms with Crippen LogP contribution in [0.1, 0.15) is 31.4 Å². The maximum absolute atomic E-state index is 12.3. The number of carbonyl (C=O) groups is 2. The quantitative estimate of drug-likeness (QED) is 0.822. The number of amides is 2. The third-order valence-electron chi connectivity index (χ3n) is 3.21. The fourth-order valence-corrected chi connectivity index (χ4v) is 2.14. The fraction of sp³-hybridized carbons (Fsp3) is 0.462. The summed E-state index contributed by atoms with van der Waals surface area (Å²) in [6.45, 7) is 0. The summed E-state index contributed by atoms with van der Waals surface area (Å²) in [5.74, 6) is -1.70. The number of pyridine rings is 1. The highest BCUT2D eigenvalue weighted by molar-refractivity contribution is 6.39. The SMILES string of the molecule is O=C(Nc1ccc(C(F)(F)F)nc1)C(=O)NC1CCCC1. The summed E-state index contributed by atoms with van der Waals surface area (Å²) < 4.78 is 37.0. The summed E-state index contributed by atoms with van der Waals surface area (Å²) in [7, 11) is 0. The maximum Gasteiger partial charge on any atom is 0.433 e. The fourth-order valence-electron chi connectivity index (χ4n) is 2.14. The average Bonchev–Trinajstić information content (AvgIpc) is 2.91. The molecular formula is C13H14F3N3O2. The van der Waals surface area contributed by atoms with Crippen LogP contribution in [0.2, 0.25) is 0 Å². The van der Waals surface area contributed by atoms with Gasteiger partial charge in [-0.15, -0.1) is 0 Å². The molecule has 0 aliphatic heterocycles. The van der Waals surface area contributed by atoms with Crippen LogP contribution in [0.15, 0.2) is 18.3 Å². The summed E-state index contributed by atoms with van der Waals surface area (Å²) in [6, 6.07) is 1.79. The van der Waals surface area contributed by atoms with E-state index < -0.39 is 23.7 Å². The van der Waals surface area contributed by atoms with E-state index in [1.54, 1.807) is 0 Å². The number of hydrogen-bond donors (Lipinski definition) is 2. The van der Waals surface area contributed by atoms with Gasteiger partial charge >= 0.3 is 18.0 Å². The molecular weight excluding hydrogens is 287 g/mol. The molecule has 1 saturated carbocycles. The van der Waals surface area contributed by atoms with Gasteiger partial charge in [-0.1, -0.05) is 12.8 Å². The number of nitrogens with zero attached hydrogens (tertiary/aromatic N) is 1. The van der Waals surface area contributed by atoms with Crippen LogP contribution in [0.25, 0.3) is 0 Å². The van der Waals surface area contributed by atoms with E-state index in [4.69, 9.17) is 0 Å². The lowest BCUT2D eigenvalue weighted by molar-refractivity contribution is -0.141. The van der Waals surface area contributed by atoms with E-state index in [1.807, 2.05) is 0 Å². The van der Waals surface area contributed by atoms with Crippen molar-refractivity contribution in [3.63, 3.8) is 0 Å². The third-order valence-corrected chi connectivity index (χ3v) is 3.21. The summed E-state index contributed by atoms with van der Waals surface area (Å²) >= 11 is 0. The molecule has 114 valence electrons. The van der Waals surface area contributed by atoms with Gasteiger partial charge in [0, 0.05) is 6.04 Å². The summed E-state index contributed by atoms with van der Waals surface area (Å²) in [6.07, 6.45) is 0.0124. The van der Waals surface area contributed by atoms with Gasteiger partial charge < -0.3 is 10.6 Å². The van der Waals surface area contributed by atoms with Gasteiger partial charge in [0.15, 0.2) is 0 Å². The zero-order chi connectivity index (χ0) is 15.5. The minimum Gasteiger partial charge on any atom is -0.345 e. The van der Waals surface area contributed by atoms with Gasteiger partial charge in [-0.05, 0) is 25.0 Å². The Hall–Kier alpha value is -2.12. The van der Waals surface area contributed by atoms with Crippen molar-refractivity contribution in [2.24, 2.45) is 0 Å². The van der Waals surface area contributed by atoms with Crippen LogP contribution >= 0.6 is 0 Å². The van der Waals surface area contributed by atoms with Crippen molar-refractivity contribution >= 4 is 17.5 Å². The minimum atomic E-state index is -4.54. The molecule has 21 heavy (non-hydrogen) atoms. The second-order valence-corrected chi connectivity index (χ2v) is 4.84. The highest BCUT2D eigenvalue weighted by atomic mass is 19.4. The normalized spacial score (nSPS) is 15.8. The molecule has 0 bridgehead atoms. The number of nitrogens with one attached hydrogen (secondary N) is 2. The van der Waals surface area contributed by atoms with Crippen LogP contribution in [-0.2, 0) is 15.8 Å². The van der Waals surface area contributed by atoms with E-state index in [-0.39, 0.29) is 11.7 Å². The second kappa shape index (κ2) is 6.11. The standard InChI is InChI=1S/C13H14F3N3O2/c14-13(15,16)10-6-5-9(7-17-10)19-12(21)11(20)18-8-3-1-2-4-8/h5-8H,1-4H2,(H,18,20)(H,19,21). The molecule has 1 aromatic heterocycles. The van der Waals surface area contributed by atoms with Gasteiger partial charge in [-0.25, -0.2) is 4.98 Å². The van der Waals surface area contributed by atoms with E-state index in [0.29, 0.717) is 0 Å². The largest absolute Gasteiger partial charge is 0.433 e. The lowest BCUT2D eigenvalue weighted by Crippen LogP contribution is -2.40. The molecule has 2 rings (SSSR count). The third kappa shape index (κ3) is 4.17. The molecule has 0 aromatic carbocycles. The molecule has 8 heteroatoms. The number of aromatic nitrogens is 1. The first kappa shape index (κ1) is 15.3. The highest BCUT2D eigenvalue weighted by Crippen LogP contribution is 2.27. The molecule has 1 aliphatic rings. The van der Waals surface area contributed by atoms with E-state index in [9.17, 15) is 22.8 Å². The lowest BCUT2D eigenvalue weighted by Gasteiger charge is -2.12. The van der Waals surface area contributed by atoms with Crippen molar-refractivity contribution < 1.29 is 22.8 Å². The first-order chi connectivity index (χ1) is 9.86. The van der Waals surface area contributed by atoms with Crippen LogP contribution < -0.4 is 10.6 Å². The molecule has 1 fully saturated rings. The predicted octanol–water partition coefficient (Wildman–Crippen LogP) is 2.10. The minimum absolute atomic E-state index is 0.00557. The van der Waals surface area contributed by atoms with Gasteiger partial charge in [0.1, 0.15) is 5.69 Å². The number of alkyl halides is 3. The smallest absolute Gasteiger partial charge is 0.345 e. The molecule has 1 aliphatic carbocycles. The molecule has 0 unspecified atom stereocenters. The Morgan fingerprint density at radius 1 is 1.14 bits per heavy atom. The van der Waals surface area contributed by atoms with Crippen molar-refractivity contribution in [2.75, 3.05) is 5.32 Å². The predicted molar refractivity (Wildman–Crippen MR) is 68.3 cm³/mol. The van der Waals surface area contributed by atoms with Gasteiger partial charge in [0.05, 0.1) is 11.9 Å². The lowest BCUT2D eigenvalue weighted by atomic mass is 10.2. The Kier molecular flexibility index (Phi) is 4.44. The number of halogens is 3. The Labute approximate surface area is 118 Å². The number of carbonyl (C=O) groups excluding carboxylic acids is 2. The van der Waals surface area contributed by atoms with Crippen molar-refractivity contribution in [3.8, 4) is 0 Å². The maximum atomic E-state index is 12.3. The van der Waals surface area contributed by atoms with Crippen LogP contribution in [0.5, 0.6) is 0 Å². The molecule has 0 spiro atoms. The van der Waals surface area contributed by atoms with E-state index in [1.165, 1.54) is 0 Å². The first-order valence-electron chi connectivity index (χ1n) is 6.51. The zero-order valence-electron chi connectivity index (χ0n) is 11.0. The molecule has 0 atom stereocenters.